The van der Waals surface area contributed by atoms with Gasteiger partial charge in [-0.1, -0.05) is 12.1 Å². The van der Waals surface area contributed by atoms with Crippen LogP contribution < -0.4 is 4.74 Å². The zero-order valence-electron chi connectivity index (χ0n) is 12.8. The first-order valence-electron chi connectivity index (χ1n) is 7.77. The fourth-order valence-electron chi connectivity index (χ4n) is 3.16. The zero-order chi connectivity index (χ0) is 15.5. The largest absolute Gasteiger partial charge is 0.497 e. The first-order valence-corrected chi connectivity index (χ1v) is 8.81. The van der Waals surface area contributed by atoms with Crippen LogP contribution in [-0.4, -0.2) is 36.0 Å². The summed E-state index contributed by atoms with van der Waals surface area (Å²) in [5.74, 6) is 2.34. The van der Waals surface area contributed by atoms with E-state index in [4.69, 9.17) is 4.74 Å². The SMILES string of the molecule is COc1ccc(C2SCCN2C(=O)C2CCC(=O)CC2)cc1. The van der Waals surface area contributed by atoms with Gasteiger partial charge in [-0.3, -0.25) is 9.59 Å². The molecule has 1 aromatic rings. The maximum atomic E-state index is 12.8. The van der Waals surface area contributed by atoms with E-state index in [9.17, 15) is 9.59 Å². The van der Waals surface area contributed by atoms with Gasteiger partial charge < -0.3 is 9.64 Å². The molecule has 0 aromatic heterocycles. The number of thioether (sulfide) groups is 1. The average molecular weight is 319 g/mol. The highest BCUT2D eigenvalue weighted by Crippen LogP contribution is 2.40. The summed E-state index contributed by atoms with van der Waals surface area (Å²) in [6.07, 6.45) is 2.55. The van der Waals surface area contributed by atoms with Crippen molar-refractivity contribution in [2.75, 3.05) is 19.4 Å². The summed E-state index contributed by atoms with van der Waals surface area (Å²) in [5, 5.41) is 0.0936. The van der Waals surface area contributed by atoms with Gasteiger partial charge in [-0.25, -0.2) is 0 Å². The van der Waals surface area contributed by atoms with Gasteiger partial charge >= 0.3 is 0 Å². The van der Waals surface area contributed by atoms with E-state index in [1.807, 2.05) is 40.9 Å². The maximum absolute atomic E-state index is 12.8. The van der Waals surface area contributed by atoms with Crippen LogP contribution >= 0.6 is 11.8 Å². The second-order valence-corrected chi connectivity index (χ2v) is 7.03. The van der Waals surface area contributed by atoms with Crippen molar-refractivity contribution in [3.05, 3.63) is 29.8 Å². The second-order valence-electron chi connectivity index (χ2n) is 5.84. The molecule has 3 rings (SSSR count). The molecule has 1 aromatic carbocycles. The van der Waals surface area contributed by atoms with Crippen molar-refractivity contribution in [2.45, 2.75) is 31.1 Å². The van der Waals surface area contributed by atoms with Crippen LogP contribution in [0.1, 0.15) is 36.6 Å². The van der Waals surface area contributed by atoms with Crippen molar-refractivity contribution in [1.29, 1.82) is 0 Å². The number of carbonyl (C=O) groups is 2. The lowest BCUT2D eigenvalue weighted by molar-refractivity contribution is -0.137. The van der Waals surface area contributed by atoms with Crippen molar-refractivity contribution in [3.63, 3.8) is 0 Å². The third-order valence-corrected chi connectivity index (χ3v) is 5.73. The van der Waals surface area contributed by atoms with Crippen LogP contribution in [0.25, 0.3) is 0 Å². The molecule has 0 N–H and O–H groups in total. The molecule has 2 fully saturated rings. The van der Waals surface area contributed by atoms with Crippen molar-refractivity contribution in [1.82, 2.24) is 4.90 Å². The number of Topliss-reactive ketones (excluding diaryl/α,β-unsaturated/α-hetero) is 1. The molecular formula is C17H21NO3S. The topological polar surface area (TPSA) is 46.6 Å². The highest BCUT2D eigenvalue weighted by Gasteiger charge is 2.35. The Morgan fingerprint density at radius 3 is 2.55 bits per heavy atom. The Hall–Kier alpha value is -1.49. The molecule has 118 valence electrons. The van der Waals surface area contributed by atoms with E-state index in [1.54, 1.807) is 7.11 Å². The lowest BCUT2D eigenvalue weighted by atomic mass is 9.87. The first-order chi connectivity index (χ1) is 10.7. The Bertz CT molecular complexity index is 548. The lowest BCUT2D eigenvalue weighted by Crippen LogP contribution is -2.37. The van der Waals surface area contributed by atoms with Gasteiger partial charge in [0.15, 0.2) is 0 Å². The van der Waals surface area contributed by atoms with Crippen LogP contribution in [0.3, 0.4) is 0 Å². The maximum Gasteiger partial charge on any atom is 0.226 e. The van der Waals surface area contributed by atoms with Gasteiger partial charge in [-0.05, 0) is 30.5 Å². The molecule has 0 spiro atoms. The molecule has 1 saturated carbocycles. The summed E-state index contributed by atoms with van der Waals surface area (Å²) in [5.41, 5.74) is 1.14. The van der Waals surface area contributed by atoms with Crippen LogP contribution in [0, 0.1) is 5.92 Å². The summed E-state index contributed by atoms with van der Waals surface area (Å²) in [7, 11) is 1.65. The number of nitrogens with zero attached hydrogens (tertiary/aromatic N) is 1. The molecule has 2 aliphatic rings. The standard InChI is InChI=1S/C17H21NO3S/c1-21-15-8-4-13(5-9-15)17-18(10-11-22-17)16(20)12-2-6-14(19)7-3-12/h4-5,8-9,12,17H,2-3,6-7,10-11H2,1H3. The number of hydrogen-bond donors (Lipinski definition) is 0. The summed E-state index contributed by atoms with van der Waals surface area (Å²) >= 11 is 1.81. The quantitative estimate of drug-likeness (QED) is 0.859. The smallest absolute Gasteiger partial charge is 0.226 e. The van der Waals surface area contributed by atoms with Crippen molar-refractivity contribution in [2.24, 2.45) is 5.92 Å². The Morgan fingerprint density at radius 1 is 1.23 bits per heavy atom. The third-order valence-electron chi connectivity index (χ3n) is 4.47. The van der Waals surface area contributed by atoms with E-state index >= 15 is 0 Å². The highest BCUT2D eigenvalue weighted by molar-refractivity contribution is 7.99. The van der Waals surface area contributed by atoms with Crippen LogP contribution in [0.2, 0.25) is 0 Å². The molecule has 0 radical (unpaired) electrons. The zero-order valence-corrected chi connectivity index (χ0v) is 13.6. The van der Waals surface area contributed by atoms with Crippen LogP contribution in [0.15, 0.2) is 24.3 Å². The van der Waals surface area contributed by atoms with E-state index < -0.39 is 0 Å². The average Bonchev–Trinajstić information content (AvgIpc) is 3.04. The number of amides is 1. The molecule has 1 aliphatic carbocycles. The fourth-order valence-corrected chi connectivity index (χ4v) is 4.43. The predicted octanol–water partition coefficient (Wildman–Crippen LogP) is 3.03. The Morgan fingerprint density at radius 2 is 1.91 bits per heavy atom. The van der Waals surface area contributed by atoms with E-state index in [0.717, 1.165) is 23.6 Å². The monoisotopic (exact) mass is 319 g/mol. The lowest BCUT2D eigenvalue weighted by Gasteiger charge is -2.30. The van der Waals surface area contributed by atoms with Crippen molar-refractivity contribution >= 4 is 23.5 Å². The second kappa shape index (κ2) is 6.73. The highest BCUT2D eigenvalue weighted by atomic mass is 32.2. The molecule has 5 heteroatoms. The number of rotatable bonds is 3. The molecule has 1 aliphatic heterocycles. The van der Waals surface area contributed by atoms with Gasteiger partial charge in [0.1, 0.15) is 16.9 Å². The number of ketones is 1. The van der Waals surface area contributed by atoms with Crippen LogP contribution in [0.5, 0.6) is 5.75 Å². The minimum Gasteiger partial charge on any atom is -0.497 e. The Kier molecular flexibility index (Phi) is 4.71. The van der Waals surface area contributed by atoms with Gasteiger partial charge in [-0.15, -0.1) is 11.8 Å². The van der Waals surface area contributed by atoms with E-state index in [2.05, 4.69) is 0 Å². The van der Waals surface area contributed by atoms with Gasteiger partial charge in [-0.2, -0.15) is 0 Å². The van der Waals surface area contributed by atoms with E-state index in [1.165, 1.54) is 0 Å². The minimum absolute atomic E-state index is 0.0251. The molecule has 1 heterocycles. The predicted molar refractivity (Wildman–Crippen MR) is 86.9 cm³/mol. The third kappa shape index (κ3) is 3.14. The van der Waals surface area contributed by atoms with Gasteiger partial charge in [0, 0.05) is 31.1 Å². The number of hydrogen-bond acceptors (Lipinski definition) is 4. The molecule has 1 unspecified atom stereocenters. The molecule has 1 amide bonds. The van der Waals surface area contributed by atoms with E-state index in [-0.39, 0.29) is 17.2 Å². The number of methoxy groups -OCH3 is 1. The van der Waals surface area contributed by atoms with Gasteiger partial charge in [0.2, 0.25) is 5.91 Å². The number of carbonyl (C=O) groups excluding carboxylic acids is 2. The molecule has 1 atom stereocenters. The first kappa shape index (κ1) is 15.4. The Balaban J connectivity index is 1.71. The Labute approximate surface area is 135 Å². The fraction of sp³-hybridized carbons (Fsp3) is 0.529. The summed E-state index contributed by atoms with van der Waals surface area (Å²) in [6, 6.07) is 7.95. The van der Waals surface area contributed by atoms with Crippen molar-refractivity contribution < 1.29 is 14.3 Å². The molecule has 1 saturated heterocycles. The van der Waals surface area contributed by atoms with Gasteiger partial charge in [0.25, 0.3) is 0 Å². The summed E-state index contributed by atoms with van der Waals surface area (Å²) in [4.78, 5) is 26.1. The summed E-state index contributed by atoms with van der Waals surface area (Å²) < 4.78 is 5.19. The normalized spacial score (nSPS) is 22.9. The summed E-state index contributed by atoms with van der Waals surface area (Å²) in [6.45, 7) is 0.796. The van der Waals surface area contributed by atoms with Gasteiger partial charge in [0.05, 0.1) is 7.11 Å². The number of ether oxygens (including phenoxy) is 1. The minimum atomic E-state index is 0.0251. The van der Waals surface area contributed by atoms with Crippen LogP contribution in [0.4, 0.5) is 0 Å². The molecule has 4 nitrogen and oxygen atoms in total. The molecular weight excluding hydrogens is 298 g/mol. The van der Waals surface area contributed by atoms with Crippen molar-refractivity contribution in [3.8, 4) is 5.75 Å². The molecule has 22 heavy (non-hydrogen) atoms. The van der Waals surface area contributed by atoms with E-state index in [0.29, 0.717) is 31.5 Å². The van der Waals surface area contributed by atoms with Crippen LogP contribution in [-0.2, 0) is 9.59 Å². The number of benzene rings is 1. The molecule has 0 bridgehead atoms.